The van der Waals surface area contributed by atoms with Crippen LogP contribution < -0.4 is 5.32 Å². The predicted octanol–water partition coefficient (Wildman–Crippen LogP) is 2.57. The Kier molecular flexibility index (Phi) is 2.27. The van der Waals surface area contributed by atoms with Crippen LogP contribution in [0.25, 0.3) is 0 Å². The van der Waals surface area contributed by atoms with Crippen molar-refractivity contribution in [3.8, 4) is 0 Å². The summed E-state index contributed by atoms with van der Waals surface area (Å²) in [6, 6.07) is 10.4. The number of thioether (sulfide) groups is 1. The first-order valence-electron chi connectivity index (χ1n) is 4.29. The summed E-state index contributed by atoms with van der Waals surface area (Å²) in [5.74, 6) is 0. The molecule has 1 aliphatic heterocycles. The molecule has 1 saturated heterocycles. The molecule has 1 N–H and O–H groups in total. The van der Waals surface area contributed by atoms with E-state index in [1.807, 2.05) is 25.1 Å². The maximum atomic E-state index is 11.1. The lowest BCUT2D eigenvalue weighted by atomic mass is 10.1. The van der Waals surface area contributed by atoms with Crippen molar-refractivity contribution in [3.05, 3.63) is 35.9 Å². The van der Waals surface area contributed by atoms with Gasteiger partial charge in [0.1, 0.15) is 0 Å². The molecule has 0 radical (unpaired) electrons. The lowest BCUT2D eigenvalue weighted by Crippen LogP contribution is -2.23. The molecule has 1 fully saturated rings. The van der Waals surface area contributed by atoms with E-state index in [-0.39, 0.29) is 16.5 Å². The summed E-state index contributed by atoms with van der Waals surface area (Å²) in [5.41, 5.74) is 1.22. The standard InChI is InChI=1S/C10H11NOS/c1-7-9(13-10(12)11-7)8-5-3-2-4-6-8/h2-7,9H,1H3,(H,11,12)/t7-,9-/m1/s1. The molecule has 0 saturated carbocycles. The van der Waals surface area contributed by atoms with Gasteiger partial charge in [-0.1, -0.05) is 42.1 Å². The fraction of sp³-hybridized carbons (Fsp3) is 0.300. The quantitative estimate of drug-likeness (QED) is 0.742. The van der Waals surface area contributed by atoms with Gasteiger partial charge < -0.3 is 5.32 Å². The normalized spacial score (nSPS) is 27.3. The molecule has 0 bridgehead atoms. The second-order valence-electron chi connectivity index (χ2n) is 3.17. The smallest absolute Gasteiger partial charge is 0.279 e. The molecule has 0 aromatic heterocycles. The Morgan fingerprint density at radius 1 is 1.31 bits per heavy atom. The number of carbonyl (C=O) groups is 1. The molecule has 0 unspecified atom stereocenters. The molecule has 2 rings (SSSR count). The summed E-state index contributed by atoms with van der Waals surface area (Å²) in [6.45, 7) is 2.04. The number of hydrogen-bond acceptors (Lipinski definition) is 2. The van der Waals surface area contributed by atoms with Crippen molar-refractivity contribution >= 4 is 17.0 Å². The molecule has 1 amide bonds. The monoisotopic (exact) mass is 193 g/mol. The van der Waals surface area contributed by atoms with Crippen LogP contribution >= 0.6 is 11.8 Å². The van der Waals surface area contributed by atoms with Crippen LogP contribution in [0.2, 0.25) is 0 Å². The summed E-state index contributed by atoms with van der Waals surface area (Å²) in [6.07, 6.45) is 0. The van der Waals surface area contributed by atoms with E-state index in [9.17, 15) is 4.79 Å². The lowest BCUT2D eigenvalue weighted by molar-refractivity contribution is 0.260. The van der Waals surface area contributed by atoms with Crippen LogP contribution in [0.3, 0.4) is 0 Å². The van der Waals surface area contributed by atoms with Gasteiger partial charge in [0, 0.05) is 6.04 Å². The van der Waals surface area contributed by atoms with E-state index < -0.39 is 0 Å². The van der Waals surface area contributed by atoms with E-state index in [0.717, 1.165) is 0 Å². The SMILES string of the molecule is C[C@H]1NC(=O)S[C@H]1c1ccccc1. The number of carbonyl (C=O) groups excluding carboxylic acids is 1. The minimum Gasteiger partial charge on any atom is -0.343 e. The Hall–Kier alpha value is -0.960. The molecule has 13 heavy (non-hydrogen) atoms. The highest BCUT2D eigenvalue weighted by atomic mass is 32.2. The molecule has 0 aliphatic carbocycles. The molecule has 1 aromatic rings. The van der Waals surface area contributed by atoms with Gasteiger partial charge in [-0.15, -0.1) is 0 Å². The molecular weight excluding hydrogens is 182 g/mol. The second kappa shape index (κ2) is 3.42. The first-order chi connectivity index (χ1) is 6.27. The number of hydrogen-bond donors (Lipinski definition) is 1. The van der Waals surface area contributed by atoms with Crippen molar-refractivity contribution in [3.63, 3.8) is 0 Å². The summed E-state index contributed by atoms with van der Waals surface area (Å²) >= 11 is 1.38. The predicted molar refractivity (Wildman–Crippen MR) is 54.8 cm³/mol. The van der Waals surface area contributed by atoms with Gasteiger partial charge in [0.15, 0.2) is 0 Å². The van der Waals surface area contributed by atoms with Crippen molar-refractivity contribution in [1.29, 1.82) is 0 Å². The van der Waals surface area contributed by atoms with Crippen molar-refractivity contribution in [2.24, 2.45) is 0 Å². The molecule has 1 aliphatic rings. The van der Waals surface area contributed by atoms with E-state index in [2.05, 4.69) is 17.4 Å². The van der Waals surface area contributed by atoms with Gasteiger partial charge in [0.25, 0.3) is 5.24 Å². The largest absolute Gasteiger partial charge is 0.343 e. The van der Waals surface area contributed by atoms with E-state index >= 15 is 0 Å². The maximum absolute atomic E-state index is 11.1. The summed E-state index contributed by atoms with van der Waals surface area (Å²) < 4.78 is 0. The topological polar surface area (TPSA) is 29.1 Å². The number of benzene rings is 1. The molecular formula is C10H11NOS. The van der Waals surface area contributed by atoms with Gasteiger partial charge in [-0.25, -0.2) is 0 Å². The van der Waals surface area contributed by atoms with Crippen molar-refractivity contribution in [2.75, 3.05) is 0 Å². The molecule has 2 nitrogen and oxygen atoms in total. The van der Waals surface area contributed by atoms with Gasteiger partial charge in [-0.05, 0) is 12.5 Å². The summed E-state index contributed by atoms with van der Waals surface area (Å²) in [4.78, 5) is 11.1. The molecule has 1 aromatic carbocycles. The number of rotatable bonds is 1. The highest BCUT2D eigenvalue weighted by Gasteiger charge is 2.30. The zero-order chi connectivity index (χ0) is 9.26. The van der Waals surface area contributed by atoms with E-state index in [1.165, 1.54) is 17.3 Å². The van der Waals surface area contributed by atoms with Crippen LogP contribution in [0.4, 0.5) is 4.79 Å². The second-order valence-corrected chi connectivity index (χ2v) is 4.28. The molecule has 68 valence electrons. The minimum absolute atomic E-state index is 0.0846. The molecule has 2 atom stereocenters. The Morgan fingerprint density at radius 2 is 2.00 bits per heavy atom. The van der Waals surface area contributed by atoms with E-state index in [4.69, 9.17) is 0 Å². The van der Waals surface area contributed by atoms with E-state index in [1.54, 1.807) is 0 Å². The minimum atomic E-state index is 0.0846. The summed E-state index contributed by atoms with van der Waals surface area (Å²) in [7, 11) is 0. The highest BCUT2D eigenvalue weighted by Crippen LogP contribution is 2.37. The third-order valence-corrected chi connectivity index (χ3v) is 3.43. The number of nitrogens with one attached hydrogen (secondary N) is 1. The molecule has 1 heterocycles. The number of amides is 1. The lowest BCUT2D eigenvalue weighted by Gasteiger charge is -2.12. The Morgan fingerprint density at radius 3 is 2.54 bits per heavy atom. The van der Waals surface area contributed by atoms with Crippen LogP contribution in [-0.4, -0.2) is 11.3 Å². The zero-order valence-corrected chi connectivity index (χ0v) is 8.17. The van der Waals surface area contributed by atoms with Gasteiger partial charge >= 0.3 is 0 Å². The van der Waals surface area contributed by atoms with Crippen molar-refractivity contribution in [1.82, 2.24) is 5.32 Å². The Balaban J connectivity index is 2.23. The van der Waals surface area contributed by atoms with Crippen molar-refractivity contribution < 1.29 is 4.79 Å². The third-order valence-electron chi connectivity index (χ3n) is 2.16. The van der Waals surface area contributed by atoms with Gasteiger partial charge in [-0.2, -0.15) is 0 Å². The van der Waals surface area contributed by atoms with Crippen molar-refractivity contribution in [2.45, 2.75) is 18.2 Å². The first kappa shape index (κ1) is 8.63. The van der Waals surface area contributed by atoms with Gasteiger partial charge in [-0.3, -0.25) is 4.79 Å². The van der Waals surface area contributed by atoms with Crippen LogP contribution in [0.1, 0.15) is 17.7 Å². The third kappa shape index (κ3) is 1.70. The van der Waals surface area contributed by atoms with Crippen LogP contribution in [0.15, 0.2) is 30.3 Å². The van der Waals surface area contributed by atoms with Crippen LogP contribution in [-0.2, 0) is 0 Å². The molecule has 3 heteroatoms. The maximum Gasteiger partial charge on any atom is 0.279 e. The first-order valence-corrected chi connectivity index (χ1v) is 5.17. The summed E-state index contributed by atoms with van der Waals surface area (Å²) in [5, 5.41) is 3.25. The average molecular weight is 193 g/mol. The molecule has 0 spiro atoms. The average Bonchev–Trinajstić information content (AvgIpc) is 2.47. The van der Waals surface area contributed by atoms with E-state index in [0.29, 0.717) is 0 Å². The van der Waals surface area contributed by atoms with Gasteiger partial charge in [0.05, 0.1) is 5.25 Å². The zero-order valence-electron chi connectivity index (χ0n) is 7.36. The van der Waals surface area contributed by atoms with Crippen LogP contribution in [0, 0.1) is 0 Å². The fourth-order valence-electron chi connectivity index (χ4n) is 1.51. The Bertz CT molecular complexity index is 312. The Labute approximate surface area is 81.7 Å². The fourth-order valence-corrected chi connectivity index (χ4v) is 2.56. The van der Waals surface area contributed by atoms with Crippen LogP contribution in [0.5, 0.6) is 0 Å². The van der Waals surface area contributed by atoms with Gasteiger partial charge in [0.2, 0.25) is 0 Å². The highest BCUT2D eigenvalue weighted by molar-refractivity contribution is 8.14.